The Kier molecular flexibility index (Phi) is 4.60. The van der Waals surface area contributed by atoms with Crippen molar-refractivity contribution >= 4 is 51.3 Å². The standard InChI is InChI=1S/C13H15Cl2N3O2S/c1-9(2)21(19,20)11-6-4-3-5-10(11)18-12-13(14,15)7-16-8-17-12/h3-9,12,18H,1-2H3. The molecule has 0 saturated heterocycles. The van der Waals surface area contributed by atoms with Crippen LogP contribution in [0, 0.1) is 0 Å². The van der Waals surface area contributed by atoms with Crippen molar-refractivity contribution in [1.29, 1.82) is 0 Å². The lowest BCUT2D eigenvalue weighted by Gasteiger charge is -2.27. The number of hydrogen-bond donors (Lipinski definition) is 1. The van der Waals surface area contributed by atoms with Crippen molar-refractivity contribution < 1.29 is 8.42 Å². The van der Waals surface area contributed by atoms with Crippen molar-refractivity contribution in [3.63, 3.8) is 0 Å². The number of hydrogen-bond acceptors (Lipinski definition) is 5. The van der Waals surface area contributed by atoms with Gasteiger partial charge in [0.2, 0.25) is 0 Å². The van der Waals surface area contributed by atoms with Crippen LogP contribution in [0.15, 0.2) is 39.1 Å². The first-order valence-corrected chi connectivity index (χ1v) is 8.58. The number of para-hydroxylation sites is 1. The Bertz CT molecular complexity index is 684. The average molecular weight is 348 g/mol. The predicted molar refractivity (Wildman–Crippen MR) is 87.6 cm³/mol. The average Bonchev–Trinajstić information content (AvgIpc) is 2.41. The maximum atomic E-state index is 12.4. The third kappa shape index (κ3) is 3.39. The maximum Gasteiger partial charge on any atom is 0.193 e. The molecule has 114 valence electrons. The van der Waals surface area contributed by atoms with Crippen LogP contribution < -0.4 is 5.32 Å². The third-order valence-electron chi connectivity index (χ3n) is 3.00. The second-order valence-electron chi connectivity index (χ2n) is 4.85. The zero-order chi connectivity index (χ0) is 15.7. The van der Waals surface area contributed by atoms with Gasteiger partial charge in [0.05, 0.1) is 15.8 Å². The maximum absolute atomic E-state index is 12.4. The summed E-state index contributed by atoms with van der Waals surface area (Å²) in [7, 11) is -3.43. The Morgan fingerprint density at radius 1 is 1.29 bits per heavy atom. The summed E-state index contributed by atoms with van der Waals surface area (Å²) < 4.78 is 23.4. The molecule has 1 atom stereocenters. The van der Waals surface area contributed by atoms with E-state index in [1.165, 1.54) is 12.6 Å². The van der Waals surface area contributed by atoms with Crippen LogP contribution in [0.4, 0.5) is 5.69 Å². The Morgan fingerprint density at radius 2 is 1.95 bits per heavy atom. The fourth-order valence-corrected chi connectivity index (χ4v) is 3.32. The lowest BCUT2D eigenvalue weighted by Crippen LogP contribution is -2.40. The second-order valence-corrected chi connectivity index (χ2v) is 8.77. The van der Waals surface area contributed by atoms with Gasteiger partial charge in [-0.15, -0.1) is 0 Å². The van der Waals surface area contributed by atoms with Crippen LogP contribution in [-0.4, -0.2) is 36.7 Å². The number of halogens is 2. The fourth-order valence-electron chi connectivity index (χ4n) is 1.78. The fraction of sp³-hybridized carbons (Fsp3) is 0.385. The molecule has 0 radical (unpaired) electrons. The van der Waals surface area contributed by atoms with Gasteiger partial charge in [0.1, 0.15) is 6.34 Å². The Labute approximate surface area is 134 Å². The van der Waals surface area contributed by atoms with E-state index in [1.54, 1.807) is 38.1 Å². The smallest absolute Gasteiger partial charge is 0.193 e. The van der Waals surface area contributed by atoms with Gasteiger partial charge < -0.3 is 5.32 Å². The van der Waals surface area contributed by atoms with E-state index in [9.17, 15) is 8.42 Å². The van der Waals surface area contributed by atoms with E-state index < -0.39 is 25.6 Å². The molecule has 1 aliphatic heterocycles. The van der Waals surface area contributed by atoms with Crippen LogP contribution in [0.1, 0.15) is 13.8 Å². The molecule has 1 heterocycles. The summed E-state index contributed by atoms with van der Waals surface area (Å²) in [5, 5.41) is 2.43. The highest BCUT2D eigenvalue weighted by Crippen LogP contribution is 2.31. The number of aliphatic imine (C=N–C) groups is 2. The molecular weight excluding hydrogens is 333 g/mol. The van der Waals surface area contributed by atoms with Crippen LogP contribution >= 0.6 is 23.2 Å². The summed E-state index contributed by atoms with van der Waals surface area (Å²) in [6, 6.07) is 6.59. The minimum Gasteiger partial charge on any atom is -0.360 e. The van der Waals surface area contributed by atoms with Gasteiger partial charge in [0.25, 0.3) is 0 Å². The van der Waals surface area contributed by atoms with Crippen molar-refractivity contribution in [3.8, 4) is 0 Å². The first kappa shape index (κ1) is 16.3. The topological polar surface area (TPSA) is 70.9 Å². The SMILES string of the molecule is CC(C)S(=O)(=O)c1ccccc1NC1N=CN=CC1(Cl)Cl. The normalized spacial score (nSPS) is 20.7. The van der Waals surface area contributed by atoms with Gasteiger partial charge in [0.15, 0.2) is 20.3 Å². The first-order chi connectivity index (χ1) is 9.75. The number of nitrogens with one attached hydrogen (secondary N) is 1. The summed E-state index contributed by atoms with van der Waals surface area (Å²) in [4.78, 5) is 8.03. The molecule has 0 amide bonds. The molecule has 0 saturated carbocycles. The molecule has 0 bridgehead atoms. The molecule has 2 rings (SSSR count). The lowest BCUT2D eigenvalue weighted by molar-refractivity contribution is 0.587. The van der Waals surface area contributed by atoms with Crippen molar-refractivity contribution in [2.75, 3.05) is 5.32 Å². The van der Waals surface area contributed by atoms with Crippen molar-refractivity contribution in [2.24, 2.45) is 9.98 Å². The molecule has 1 aromatic carbocycles. The quantitative estimate of drug-likeness (QED) is 0.851. The molecule has 1 N–H and O–H groups in total. The summed E-state index contributed by atoms with van der Waals surface area (Å²) in [5.74, 6) is 0. The van der Waals surface area contributed by atoms with Crippen LogP contribution in [0.3, 0.4) is 0 Å². The number of anilines is 1. The van der Waals surface area contributed by atoms with Gasteiger partial charge in [-0.05, 0) is 26.0 Å². The van der Waals surface area contributed by atoms with Gasteiger partial charge >= 0.3 is 0 Å². The lowest BCUT2D eigenvalue weighted by atomic mass is 10.2. The van der Waals surface area contributed by atoms with E-state index in [4.69, 9.17) is 23.2 Å². The predicted octanol–water partition coefficient (Wildman–Crippen LogP) is 2.89. The number of benzene rings is 1. The molecule has 1 unspecified atom stereocenters. The Hall–Kier alpha value is -1.11. The van der Waals surface area contributed by atoms with Gasteiger partial charge in [-0.1, -0.05) is 35.3 Å². The molecule has 0 spiro atoms. The highest BCUT2D eigenvalue weighted by atomic mass is 35.5. The largest absolute Gasteiger partial charge is 0.360 e. The zero-order valence-electron chi connectivity index (χ0n) is 11.5. The summed E-state index contributed by atoms with van der Waals surface area (Å²) in [6.45, 7) is 3.26. The van der Waals surface area contributed by atoms with E-state index in [0.717, 1.165) is 0 Å². The molecule has 0 fully saturated rings. The van der Waals surface area contributed by atoms with E-state index in [0.29, 0.717) is 5.69 Å². The van der Waals surface area contributed by atoms with Crippen LogP contribution in [0.25, 0.3) is 0 Å². The van der Waals surface area contributed by atoms with Crippen LogP contribution in [-0.2, 0) is 9.84 Å². The van der Waals surface area contributed by atoms with Crippen LogP contribution in [0.5, 0.6) is 0 Å². The Morgan fingerprint density at radius 3 is 2.57 bits per heavy atom. The van der Waals surface area contributed by atoms with Crippen molar-refractivity contribution in [3.05, 3.63) is 24.3 Å². The minimum atomic E-state index is -3.43. The second kappa shape index (κ2) is 5.94. The molecule has 0 aromatic heterocycles. The van der Waals surface area contributed by atoms with Gasteiger partial charge in [-0.2, -0.15) is 0 Å². The molecule has 0 aliphatic carbocycles. The van der Waals surface area contributed by atoms with Gasteiger partial charge in [-0.25, -0.2) is 18.4 Å². The van der Waals surface area contributed by atoms with Crippen molar-refractivity contribution in [1.82, 2.24) is 0 Å². The Balaban J connectivity index is 2.39. The van der Waals surface area contributed by atoms with Crippen LogP contribution in [0.2, 0.25) is 0 Å². The zero-order valence-corrected chi connectivity index (χ0v) is 13.8. The molecular formula is C13H15Cl2N3O2S. The number of alkyl halides is 2. The molecule has 1 aromatic rings. The van der Waals surface area contributed by atoms with Gasteiger partial charge in [0, 0.05) is 6.21 Å². The third-order valence-corrected chi connectivity index (χ3v) is 5.82. The van der Waals surface area contributed by atoms with Crippen molar-refractivity contribution in [2.45, 2.75) is 34.5 Å². The highest BCUT2D eigenvalue weighted by molar-refractivity contribution is 7.92. The number of nitrogens with zero attached hydrogens (tertiary/aromatic N) is 2. The first-order valence-electron chi connectivity index (χ1n) is 6.28. The van der Waals surface area contributed by atoms with E-state index >= 15 is 0 Å². The molecule has 21 heavy (non-hydrogen) atoms. The minimum absolute atomic E-state index is 0.196. The van der Waals surface area contributed by atoms with E-state index in [2.05, 4.69) is 15.3 Å². The summed E-state index contributed by atoms with van der Waals surface area (Å²) in [5.41, 5.74) is 0.411. The molecule has 8 heteroatoms. The molecule has 5 nitrogen and oxygen atoms in total. The van der Waals surface area contributed by atoms with E-state index in [-0.39, 0.29) is 4.90 Å². The molecule has 1 aliphatic rings. The summed E-state index contributed by atoms with van der Waals surface area (Å²) >= 11 is 12.2. The van der Waals surface area contributed by atoms with Gasteiger partial charge in [-0.3, -0.25) is 0 Å². The van der Waals surface area contributed by atoms with E-state index in [1.807, 2.05) is 0 Å². The highest BCUT2D eigenvalue weighted by Gasteiger charge is 2.35. The summed E-state index contributed by atoms with van der Waals surface area (Å²) in [6.07, 6.45) is 1.95. The number of sulfone groups is 1. The number of rotatable bonds is 4. The monoisotopic (exact) mass is 347 g/mol.